The zero-order valence-electron chi connectivity index (χ0n) is 9.31. The molecule has 0 atom stereocenters. The summed E-state index contributed by atoms with van der Waals surface area (Å²) in [6.07, 6.45) is 2.54. The van der Waals surface area contributed by atoms with Crippen molar-refractivity contribution < 1.29 is 4.79 Å². The summed E-state index contributed by atoms with van der Waals surface area (Å²) in [6, 6.07) is 8.41. The van der Waals surface area contributed by atoms with Crippen molar-refractivity contribution in [2.75, 3.05) is 0 Å². The first kappa shape index (κ1) is 11.0. The van der Waals surface area contributed by atoms with Crippen molar-refractivity contribution in [1.29, 1.82) is 0 Å². The van der Waals surface area contributed by atoms with Crippen molar-refractivity contribution in [3.8, 4) is 10.4 Å². The third kappa shape index (κ3) is 2.19. The van der Waals surface area contributed by atoms with E-state index in [9.17, 15) is 4.79 Å². The first-order valence-electron chi connectivity index (χ1n) is 5.22. The van der Waals surface area contributed by atoms with Gasteiger partial charge in [-0.15, -0.1) is 11.3 Å². The Kier molecular flexibility index (Phi) is 3.15. The van der Waals surface area contributed by atoms with E-state index in [-0.39, 0.29) is 0 Å². The van der Waals surface area contributed by atoms with Crippen LogP contribution in [0.4, 0.5) is 0 Å². The highest BCUT2D eigenvalue weighted by Crippen LogP contribution is 2.26. The molecule has 0 unspecified atom stereocenters. The van der Waals surface area contributed by atoms with Crippen LogP contribution < -0.4 is 0 Å². The molecule has 1 aromatic carbocycles. The molecule has 0 saturated carbocycles. The van der Waals surface area contributed by atoms with Crippen LogP contribution in [0.1, 0.15) is 35.1 Å². The maximum atomic E-state index is 10.5. The van der Waals surface area contributed by atoms with Gasteiger partial charge in [-0.25, -0.2) is 4.98 Å². The van der Waals surface area contributed by atoms with Gasteiger partial charge in [0.1, 0.15) is 0 Å². The summed E-state index contributed by atoms with van der Waals surface area (Å²) in [4.78, 5) is 15.6. The zero-order chi connectivity index (χ0) is 11.5. The minimum absolute atomic E-state index is 0.530. The molecule has 0 spiro atoms. The summed E-state index contributed by atoms with van der Waals surface area (Å²) in [6.45, 7) is 4.35. The largest absolute Gasteiger partial charge is 0.295 e. The fraction of sp³-hybridized carbons (Fsp3) is 0.231. The minimum Gasteiger partial charge on any atom is -0.295 e. The number of carbonyl (C=O) groups excluding carboxylic acids is 1. The molecule has 0 amide bonds. The first-order valence-corrected chi connectivity index (χ1v) is 6.03. The molecule has 0 aliphatic heterocycles. The van der Waals surface area contributed by atoms with Crippen LogP contribution in [0.5, 0.6) is 0 Å². The van der Waals surface area contributed by atoms with Gasteiger partial charge in [-0.1, -0.05) is 38.1 Å². The van der Waals surface area contributed by atoms with Crippen LogP contribution in [0.3, 0.4) is 0 Å². The average Bonchev–Trinajstić information content (AvgIpc) is 2.77. The van der Waals surface area contributed by atoms with Crippen molar-refractivity contribution in [3.05, 3.63) is 41.0 Å². The fourth-order valence-electron chi connectivity index (χ4n) is 1.51. The van der Waals surface area contributed by atoms with Gasteiger partial charge in [-0.2, -0.15) is 0 Å². The lowest BCUT2D eigenvalue weighted by atomic mass is 10.0. The van der Waals surface area contributed by atoms with E-state index < -0.39 is 0 Å². The minimum atomic E-state index is 0.530. The molecule has 0 saturated heterocycles. The van der Waals surface area contributed by atoms with Gasteiger partial charge < -0.3 is 0 Å². The molecule has 0 bridgehead atoms. The number of hydrogen-bond donors (Lipinski definition) is 0. The van der Waals surface area contributed by atoms with Crippen LogP contribution in [0, 0.1) is 0 Å². The van der Waals surface area contributed by atoms with Gasteiger partial charge in [0, 0.05) is 6.20 Å². The molecule has 2 nitrogen and oxygen atoms in total. The van der Waals surface area contributed by atoms with E-state index in [4.69, 9.17) is 0 Å². The van der Waals surface area contributed by atoms with Crippen molar-refractivity contribution in [1.82, 2.24) is 4.98 Å². The fourth-order valence-corrected chi connectivity index (χ4v) is 2.25. The Bertz CT molecular complexity index is 485. The van der Waals surface area contributed by atoms with Gasteiger partial charge in [-0.3, -0.25) is 4.79 Å². The molecule has 1 heterocycles. The highest BCUT2D eigenvalue weighted by Gasteiger charge is 2.04. The van der Waals surface area contributed by atoms with E-state index in [1.165, 1.54) is 16.9 Å². The van der Waals surface area contributed by atoms with Crippen LogP contribution in [0.15, 0.2) is 30.5 Å². The second kappa shape index (κ2) is 4.58. The Morgan fingerprint density at radius 3 is 2.44 bits per heavy atom. The number of aldehydes is 1. The molecule has 0 fully saturated rings. The van der Waals surface area contributed by atoms with Crippen LogP contribution >= 0.6 is 11.3 Å². The van der Waals surface area contributed by atoms with E-state index in [0.717, 1.165) is 16.7 Å². The van der Waals surface area contributed by atoms with E-state index in [0.29, 0.717) is 10.9 Å². The van der Waals surface area contributed by atoms with Gasteiger partial charge >= 0.3 is 0 Å². The highest BCUT2D eigenvalue weighted by atomic mass is 32.1. The molecule has 0 aliphatic rings. The van der Waals surface area contributed by atoms with Crippen molar-refractivity contribution in [2.24, 2.45) is 0 Å². The van der Waals surface area contributed by atoms with E-state index >= 15 is 0 Å². The van der Waals surface area contributed by atoms with E-state index in [1.807, 2.05) is 0 Å². The van der Waals surface area contributed by atoms with Gasteiger partial charge in [0.05, 0.1) is 4.88 Å². The Morgan fingerprint density at radius 2 is 1.94 bits per heavy atom. The van der Waals surface area contributed by atoms with Gasteiger partial charge in [0.2, 0.25) is 0 Å². The van der Waals surface area contributed by atoms with Crippen LogP contribution in [0.2, 0.25) is 0 Å². The van der Waals surface area contributed by atoms with Gasteiger partial charge in [-0.05, 0) is 17.0 Å². The summed E-state index contributed by atoms with van der Waals surface area (Å²) in [7, 11) is 0. The molecular formula is C13H13NOS. The Morgan fingerprint density at radius 1 is 1.25 bits per heavy atom. The standard InChI is InChI=1S/C13H13NOS/c1-9(2)10-3-5-11(6-4-10)12-7-14-13(8-15)16-12/h3-9H,1-2H3. The molecule has 0 aliphatic carbocycles. The van der Waals surface area contributed by atoms with Crippen LogP contribution in [-0.4, -0.2) is 11.3 Å². The smallest absolute Gasteiger partial charge is 0.178 e. The third-order valence-corrected chi connectivity index (χ3v) is 3.46. The molecule has 1 aromatic heterocycles. The Labute approximate surface area is 99.0 Å². The quantitative estimate of drug-likeness (QED) is 0.753. The molecule has 2 aromatic rings. The Hall–Kier alpha value is -1.48. The summed E-state index contributed by atoms with van der Waals surface area (Å²) >= 11 is 1.42. The molecule has 82 valence electrons. The molecule has 3 heteroatoms. The lowest BCUT2D eigenvalue weighted by Gasteiger charge is -2.05. The van der Waals surface area contributed by atoms with Crippen molar-refractivity contribution >= 4 is 17.6 Å². The monoisotopic (exact) mass is 231 g/mol. The van der Waals surface area contributed by atoms with Crippen molar-refractivity contribution in [2.45, 2.75) is 19.8 Å². The number of rotatable bonds is 3. The normalized spacial score (nSPS) is 10.7. The first-order chi connectivity index (χ1) is 7.70. The number of nitrogens with zero attached hydrogens (tertiary/aromatic N) is 1. The molecule has 2 rings (SSSR count). The van der Waals surface area contributed by atoms with Crippen molar-refractivity contribution in [3.63, 3.8) is 0 Å². The van der Waals surface area contributed by atoms with E-state index in [1.54, 1.807) is 6.20 Å². The van der Waals surface area contributed by atoms with Crippen LogP contribution in [0.25, 0.3) is 10.4 Å². The Balaban J connectivity index is 2.30. The second-order valence-corrected chi connectivity index (χ2v) is 5.02. The lowest BCUT2D eigenvalue weighted by molar-refractivity contribution is 0.112. The molecule has 0 radical (unpaired) electrons. The van der Waals surface area contributed by atoms with E-state index in [2.05, 4.69) is 43.1 Å². The van der Waals surface area contributed by atoms with Gasteiger partial charge in [0.25, 0.3) is 0 Å². The summed E-state index contributed by atoms with van der Waals surface area (Å²) in [5.41, 5.74) is 2.44. The molecular weight excluding hydrogens is 218 g/mol. The predicted molar refractivity (Wildman–Crippen MR) is 67.0 cm³/mol. The summed E-state index contributed by atoms with van der Waals surface area (Å²) in [5.74, 6) is 0.543. The number of benzene rings is 1. The molecule has 0 N–H and O–H groups in total. The summed E-state index contributed by atoms with van der Waals surface area (Å²) < 4.78 is 0. The molecule has 16 heavy (non-hydrogen) atoms. The predicted octanol–water partition coefficient (Wildman–Crippen LogP) is 3.75. The zero-order valence-corrected chi connectivity index (χ0v) is 10.1. The second-order valence-electron chi connectivity index (χ2n) is 3.96. The maximum Gasteiger partial charge on any atom is 0.178 e. The number of carbonyl (C=O) groups is 1. The number of thiazole rings is 1. The lowest BCUT2D eigenvalue weighted by Crippen LogP contribution is -1.85. The van der Waals surface area contributed by atoms with Gasteiger partial charge in [0.15, 0.2) is 11.3 Å². The number of aromatic nitrogens is 1. The van der Waals surface area contributed by atoms with Crippen LogP contribution in [-0.2, 0) is 0 Å². The third-order valence-electron chi connectivity index (χ3n) is 2.49. The average molecular weight is 231 g/mol. The SMILES string of the molecule is CC(C)c1ccc(-c2cnc(C=O)s2)cc1. The number of hydrogen-bond acceptors (Lipinski definition) is 3. The maximum absolute atomic E-state index is 10.5. The highest BCUT2D eigenvalue weighted by molar-refractivity contribution is 7.16. The topological polar surface area (TPSA) is 30.0 Å². The summed E-state index contributed by atoms with van der Waals surface area (Å²) in [5, 5.41) is 0.530.